The molecule has 1 aromatic carbocycles. The zero-order chi connectivity index (χ0) is 14.7. The van der Waals surface area contributed by atoms with Gasteiger partial charge in [0.2, 0.25) is 5.91 Å². The average Bonchev–Trinajstić information content (AvgIpc) is 2.49. The number of carbonyl (C=O) groups excluding carboxylic acids is 1. The summed E-state index contributed by atoms with van der Waals surface area (Å²) < 4.78 is 5.61. The highest BCUT2D eigenvalue weighted by molar-refractivity contribution is 7.99. The Morgan fingerprint density at radius 2 is 2.48 bits per heavy atom. The first-order chi connectivity index (χ1) is 10.2. The maximum Gasteiger partial charge on any atom is 0.225 e. The summed E-state index contributed by atoms with van der Waals surface area (Å²) in [7, 11) is 2.04. The van der Waals surface area contributed by atoms with E-state index in [0.29, 0.717) is 13.0 Å². The summed E-state index contributed by atoms with van der Waals surface area (Å²) in [6.07, 6.45) is 0.524. The Labute approximate surface area is 129 Å². The number of likely N-dealkylation sites (N-methyl/N-ethyl adjacent to an activating group) is 1. The number of fused-ring (bicyclic) bond motifs is 1. The van der Waals surface area contributed by atoms with Gasteiger partial charge in [0.15, 0.2) is 0 Å². The van der Waals surface area contributed by atoms with Gasteiger partial charge in [0.05, 0.1) is 12.2 Å². The van der Waals surface area contributed by atoms with Gasteiger partial charge in [-0.1, -0.05) is 0 Å². The molecule has 1 amide bonds. The Bertz CT molecular complexity index is 518. The van der Waals surface area contributed by atoms with Gasteiger partial charge in [-0.15, -0.1) is 0 Å². The minimum atomic E-state index is 0.0642. The molecule has 6 heteroatoms. The van der Waals surface area contributed by atoms with E-state index in [1.807, 2.05) is 37.0 Å². The number of anilines is 2. The largest absolute Gasteiger partial charge is 0.490 e. The first-order valence-electron chi connectivity index (χ1n) is 7.31. The second-order valence-electron chi connectivity index (χ2n) is 5.43. The molecule has 2 heterocycles. The monoisotopic (exact) mass is 307 g/mol. The normalized spacial score (nSPS) is 21.4. The van der Waals surface area contributed by atoms with Gasteiger partial charge >= 0.3 is 0 Å². The summed E-state index contributed by atoms with van der Waals surface area (Å²) in [5.74, 6) is 3.09. The van der Waals surface area contributed by atoms with E-state index < -0.39 is 0 Å². The van der Waals surface area contributed by atoms with Gasteiger partial charge < -0.3 is 20.3 Å². The molecule has 2 aliphatic heterocycles. The number of rotatable bonds is 3. The third-order valence-corrected chi connectivity index (χ3v) is 4.90. The summed E-state index contributed by atoms with van der Waals surface area (Å²) in [6, 6.07) is 6.09. The molecule has 0 aromatic heterocycles. The molecule has 0 aliphatic carbocycles. The molecule has 114 valence electrons. The lowest BCUT2D eigenvalue weighted by molar-refractivity contribution is -0.116. The predicted molar refractivity (Wildman–Crippen MR) is 87.6 cm³/mol. The predicted octanol–water partition coefficient (Wildman–Crippen LogP) is 1.55. The van der Waals surface area contributed by atoms with Crippen molar-refractivity contribution < 1.29 is 9.53 Å². The summed E-state index contributed by atoms with van der Waals surface area (Å²) in [6.45, 7) is 2.57. The topological polar surface area (TPSA) is 53.6 Å². The van der Waals surface area contributed by atoms with Gasteiger partial charge in [-0.05, 0) is 18.2 Å². The van der Waals surface area contributed by atoms with Crippen molar-refractivity contribution in [2.24, 2.45) is 0 Å². The van der Waals surface area contributed by atoms with Crippen molar-refractivity contribution in [1.29, 1.82) is 0 Å². The van der Waals surface area contributed by atoms with Crippen LogP contribution in [0.1, 0.15) is 6.42 Å². The highest BCUT2D eigenvalue weighted by Crippen LogP contribution is 2.33. The van der Waals surface area contributed by atoms with E-state index in [4.69, 9.17) is 4.74 Å². The van der Waals surface area contributed by atoms with Crippen LogP contribution in [0.15, 0.2) is 18.2 Å². The number of ether oxygens (including phenoxy) is 1. The maximum atomic E-state index is 12.1. The van der Waals surface area contributed by atoms with Crippen LogP contribution >= 0.6 is 11.8 Å². The van der Waals surface area contributed by atoms with Crippen molar-refractivity contribution in [3.63, 3.8) is 0 Å². The van der Waals surface area contributed by atoms with Gasteiger partial charge in [-0.2, -0.15) is 11.8 Å². The quantitative estimate of drug-likeness (QED) is 0.887. The van der Waals surface area contributed by atoms with Crippen LogP contribution in [0.3, 0.4) is 0 Å². The van der Waals surface area contributed by atoms with Gasteiger partial charge in [0.1, 0.15) is 12.4 Å². The molecule has 0 radical (unpaired) electrons. The van der Waals surface area contributed by atoms with Crippen LogP contribution in [-0.2, 0) is 4.79 Å². The highest BCUT2D eigenvalue weighted by Gasteiger charge is 2.18. The highest BCUT2D eigenvalue weighted by atomic mass is 32.2. The second kappa shape index (κ2) is 6.58. The summed E-state index contributed by atoms with van der Waals surface area (Å²) in [5, 5.41) is 6.37. The number of hydrogen-bond acceptors (Lipinski definition) is 5. The summed E-state index contributed by atoms with van der Waals surface area (Å²) >= 11 is 1.90. The molecule has 1 saturated heterocycles. The lowest BCUT2D eigenvalue weighted by Crippen LogP contribution is -2.39. The standard InChI is InChI=1S/C15H21N3O2S/c1-18-5-6-20-14-3-2-11(8-13(14)18)17-15(19)9-12-10-21-7-4-16-12/h2-3,8,12,16H,4-7,9-10H2,1H3,(H,17,19). The molecule has 3 rings (SSSR count). The molecule has 2 N–H and O–H groups in total. The second-order valence-corrected chi connectivity index (χ2v) is 6.58. The maximum absolute atomic E-state index is 12.1. The number of nitrogens with zero attached hydrogens (tertiary/aromatic N) is 1. The third-order valence-electron chi connectivity index (χ3n) is 3.77. The number of thioether (sulfide) groups is 1. The first kappa shape index (κ1) is 14.5. The van der Waals surface area contributed by atoms with E-state index in [0.717, 1.165) is 41.7 Å². The van der Waals surface area contributed by atoms with E-state index in [1.54, 1.807) is 0 Å². The van der Waals surface area contributed by atoms with Crippen molar-refractivity contribution in [2.45, 2.75) is 12.5 Å². The van der Waals surface area contributed by atoms with Crippen molar-refractivity contribution in [1.82, 2.24) is 5.32 Å². The molecule has 21 heavy (non-hydrogen) atoms. The molecule has 0 spiro atoms. The van der Waals surface area contributed by atoms with E-state index in [2.05, 4.69) is 15.5 Å². The van der Waals surface area contributed by atoms with Crippen LogP contribution in [0.2, 0.25) is 0 Å². The lowest BCUT2D eigenvalue weighted by Gasteiger charge is -2.28. The fraction of sp³-hybridized carbons (Fsp3) is 0.533. The van der Waals surface area contributed by atoms with Crippen LogP contribution in [-0.4, -0.2) is 50.2 Å². The molecule has 2 aliphatic rings. The van der Waals surface area contributed by atoms with E-state index in [1.165, 1.54) is 0 Å². The van der Waals surface area contributed by atoms with Gasteiger partial charge in [0.25, 0.3) is 0 Å². The van der Waals surface area contributed by atoms with Crippen LogP contribution in [0.25, 0.3) is 0 Å². The zero-order valence-electron chi connectivity index (χ0n) is 12.2. The fourth-order valence-corrected chi connectivity index (χ4v) is 3.56. The Balaban J connectivity index is 1.61. The van der Waals surface area contributed by atoms with E-state index in [9.17, 15) is 4.79 Å². The molecule has 0 bridgehead atoms. The summed E-state index contributed by atoms with van der Waals surface area (Å²) in [5.41, 5.74) is 1.87. The Kier molecular flexibility index (Phi) is 4.55. The fourth-order valence-electron chi connectivity index (χ4n) is 2.62. The van der Waals surface area contributed by atoms with E-state index >= 15 is 0 Å². The van der Waals surface area contributed by atoms with Crippen LogP contribution in [0, 0.1) is 0 Å². The van der Waals surface area contributed by atoms with Crippen molar-refractivity contribution in [3.05, 3.63) is 18.2 Å². The average molecular weight is 307 g/mol. The third kappa shape index (κ3) is 3.63. The minimum Gasteiger partial charge on any atom is -0.490 e. The van der Waals surface area contributed by atoms with Crippen molar-refractivity contribution in [2.75, 3.05) is 48.5 Å². The molecule has 0 saturated carbocycles. The summed E-state index contributed by atoms with van der Waals surface area (Å²) in [4.78, 5) is 14.3. The van der Waals surface area contributed by atoms with E-state index in [-0.39, 0.29) is 11.9 Å². The van der Waals surface area contributed by atoms with Crippen molar-refractivity contribution >= 4 is 29.0 Å². The van der Waals surface area contributed by atoms with Crippen LogP contribution in [0.5, 0.6) is 5.75 Å². The lowest BCUT2D eigenvalue weighted by atomic mass is 10.2. The molecule has 1 unspecified atom stereocenters. The number of hydrogen-bond donors (Lipinski definition) is 2. The molecule has 1 atom stereocenters. The SMILES string of the molecule is CN1CCOc2ccc(NC(=O)CC3CSCCN3)cc21. The smallest absolute Gasteiger partial charge is 0.225 e. The molecule has 1 aromatic rings. The number of nitrogens with one attached hydrogen (secondary N) is 2. The molecule has 1 fully saturated rings. The Hall–Kier alpha value is -1.40. The van der Waals surface area contributed by atoms with Crippen LogP contribution in [0.4, 0.5) is 11.4 Å². The number of carbonyl (C=O) groups is 1. The molecular weight excluding hydrogens is 286 g/mol. The van der Waals surface area contributed by atoms with Crippen molar-refractivity contribution in [3.8, 4) is 5.75 Å². The Morgan fingerprint density at radius 3 is 3.29 bits per heavy atom. The first-order valence-corrected chi connectivity index (χ1v) is 8.47. The van der Waals surface area contributed by atoms with Gasteiger partial charge in [-0.25, -0.2) is 0 Å². The molecular formula is C15H21N3O2S. The van der Waals surface area contributed by atoms with Gasteiger partial charge in [0, 0.05) is 43.2 Å². The van der Waals surface area contributed by atoms with Crippen LogP contribution < -0.4 is 20.3 Å². The Morgan fingerprint density at radius 1 is 1.57 bits per heavy atom. The zero-order valence-corrected chi connectivity index (χ0v) is 13.0. The number of benzene rings is 1. The number of amides is 1. The molecule has 5 nitrogen and oxygen atoms in total. The minimum absolute atomic E-state index is 0.0642. The van der Waals surface area contributed by atoms with Gasteiger partial charge in [-0.3, -0.25) is 4.79 Å².